The third kappa shape index (κ3) is 6.01. The summed E-state index contributed by atoms with van der Waals surface area (Å²) in [4.78, 5) is 47.4. The van der Waals surface area contributed by atoms with Crippen LogP contribution in [-0.4, -0.2) is 43.6 Å². The monoisotopic (exact) mass is 701 g/mol. The van der Waals surface area contributed by atoms with Crippen molar-refractivity contribution in [3.8, 4) is 11.4 Å². The Balaban J connectivity index is 0.000000171. The number of aromatic nitrogens is 4. The molecule has 10 nitrogen and oxygen atoms in total. The lowest BCUT2D eigenvalue weighted by molar-refractivity contribution is 0.0696. The van der Waals surface area contributed by atoms with Crippen LogP contribution in [-0.2, 0) is 0 Å². The van der Waals surface area contributed by atoms with Gasteiger partial charge in [-0.2, -0.15) is 19.6 Å². The van der Waals surface area contributed by atoms with Crippen LogP contribution in [0.4, 0.5) is 0 Å². The van der Waals surface area contributed by atoms with E-state index in [-0.39, 0.29) is 22.6 Å². The summed E-state index contributed by atoms with van der Waals surface area (Å²) in [5.41, 5.74) is 1.34. The van der Waals surface area contributed by atoms with Crippen LogP contribution in [0.5, 0.6) is 0 Å². The molecule has 214 valence electrons. The highest BCUT2D eigenvalue weighted by atomic mass is 79.9. The van der Waals surface area contributed by atoms with Crippen molar-refractivity contribution in [1.29, 1.82) is 0 Å². The zero-order chi connectivity index (χ0) is 30.7. The minimum Gasteiger partial charge on any atom is -0.478 e. The van der Waals surface area contributed by atoms with E-state index in [0.717, 1.165) is 10.8 Å². The molecule has 0 bridgehead atoms. The van der Waals surface area contributed by atoms with E-state index in [1.807, 2.05) is 30.3 Å². The van der Waals surface area contributed by atoms with Crippen LogP contribution >= 0.6 is 31.9 Å². The van der Waals surface area contributed by atoms with Crippen molar-refractivity contribution >= 4 is 65.3 Å². The standard InChI is InChI=1S/C16H12BrN3O2.C15H9BrN2O3/c1-18-15(21)10-6-8-11(9-7-10)20-16(22)13-5-3-2-4-12(13)14(17)19-20;16-13-11-3-1-2-4-12(11)14(19)18(17-13)10-7-5-9(6-8-10)15(20)21/h2-9H,1H3,(H,18,21);1-8H,(H,20,21). The van der Waals surface area contributed by atoms with Gasteiger partial charge in [-0.05, 0) is 92.5 Å². The van der Waals surface area contributed by atoms with Gasteiger partial charge in [0.15, 0.2) is 0 Å². The molecule has 0 unspecified atom stereocenters. The molecule has 0 atom stereocenters. The largest absolute Gasteiger partial charge is 0.478 e. The number of carboxylic acids is 1. The molecule has 0 fully saturated rings. The van der Waals surface area contributed by atoms with Gasteiger partial charge < -0.3 is 10.4 Å². The minimum atomic E-state index is -1.01. The number of carbonyl (C=O) groups is 2. The van der Waals surface area contributed by atoms with Crippen LogP contribution in [0.15, 0.2) is 116 Å². The van der Waals surface area contributed by atoms with Crippen molar-refractivity contribution in [2.24, 2.45) is 0 Å². The molecule has 0 spiro atoms. The summed E-state index contributed by atoms with van der Waals surface area (Å²) in [6, 6.07) is 27.1. The van der Waals surface area contributed by atoms with E-state index in [9.17, 15) is 19.2 Å². The fourth-order valence-corrected chi connectivity index (χ4v) is 5.30. The van der Waals surface area contributed by atoms with Gasteiger partial charge in [-0.1, -0.05) is 36.4 Å². The van der Waals surface area contributed by atoms with Gasteiger partial charge in [0.1, 0.15) is 9.21 Å². The SMILES string of the molecule is CNC(=O)c1ccc(-n2nc(Br)c3ccccc3c2=O)cc1.O=C(O)c1ccc(-n2nc(Br)c3ccccc3c2=O)cc1. The van der Waals surface area contributed by atoms with E-state index in [1.165, 1.54) is 21.5 Å². The number of carboxylic acid groups (broad SMARTS) is 1. The summed E-state index contributed by atoms with van der Waals surface area (Å²) < 4.78 is 3.72. The Labute approximate surface area is 260 Å². The molecular formula is C31H21Br2N5O5. The predicted octanol–water partition coefficient (Wildman–Crippen LogP) is 5.35. The maximum Gasteiger partial charge on any atom is 0.335 e. The second-order valence-corrected chi connectivity index (χ2v) is 10.6. The first-order valence-electron chi connectivity index (χ1n) is 12.7. The quantitative estimate of drug-likeness (QED) is 0.253. The topological polar surface area (TPSA) is 136 Å². The molecule has 0 aliphatic rings. The number of benzene rings is 4. The summed E-state index contributed by atoms with van der Waals surface area (Å²) in [5.74, 6) is -1.19. The van der Waals surface area contributed by atoms with E-state index in [2.05, 4.69) is 47.4 Å². The lowest BCUT2D eigenvalue weighted by atomic mass is 10.2. The fourth-order valence-electron chi connectivity index (χ4n) is 4.29. The number of aromatic carboxylic acids is 1. The third-order valence-corrected chi connectivity index (χ3v) is 7.65. The average molecular weight is 703 g/mol. The Hall–Kier alpha value is -4.94. The summed E-state index contributed by atoms with van der Waals surface area (Å²) in [7, 11) is 1.57. The Morgan fingerprint density at radius 1 is 0.628 bits per heavy atom. The number of amides is 1. The number of fused-ring (bicyclic) bond motifs is 2. The molecule has 0 saturated heterocycles. The first kappa shape index (κ1) is 29.5. The van der Waals surface area contributed by atoms with E-state index in [1.54, 1.807) is 61.6 Å². The van der Waals surface area contributed by atoms with Crippen LogP contribution in [0.3, 0.4) is 0 Å². The van der Waals surface area contributed by atoms with E-state index < -0.39 is 5.97 Å². The molecule has 0 aliphatic carbocycles. The average Bonchev–Trinajstić information content (AvgIpc) is 3.04. The molecule has 6 aromatic rings. The molecule has 0 saturated carbocycles. The number of nitrogens with zero attached hydrogens (tertiary/aromatic N) is 4. The number of hydrogen-bond acceptors (Lipinski definition) is 6. The van der Waals surface area contributed by atoms with Gasteiger partial charge in [0.05, 0.1) is 27.7 Å². The Morgan fingerprint density at radius 3 is 1.37 bits per heavy atom. The maximum absolute atomic E-state index is 12.6. The molecule has 0 aliphatic heterocycles. The number of nitrogens with one attached hydrogen (secondary N) is 1. The normalized spacial score (nSPS) is 10.7. The fraction of sp³-hybridized carbons (Fsp3) is 0.0323. The van der Waals surface area contributed by atoms with Crippen molar-refractivity contribution < 1.29 is 14.7 Å². The van der Waals surface area contributed by atoms with Gasteiger partial charge >= 0.3 is 5.97 Å². The number of halogens is 2. The Bertz CT molecular complexity index is 2130. The zero-order valence-corrected chi connectivity index (χ0v) is 25.5. The summed E-state index contributed by atoms with van der Waals surface area (Å²) in [6.07, 6.45) is 0. The summed E-state index contributed by atoms with van der Waals surface area (Å²) in [6.45, 7) is 0. The van der Waals surface area contributed by atoms with Crippen LogP contribution in [0.25, 0.3) is 32.9 Å². The van der Waals surface area contributed by atoms with Crippen molar-refractivity contribution in [2.45, 2.75) is 0 Å². The molecule has 6 rings (SSSR count). The number of rotatable bonds is 4. The van der Waals surface area contributed by atoms with Crippen molar-refractivity contribution in [3.63, 3.8) is 0 Å². The maximum atomic E-state index is 12.6. The second-order valence-electron chi connectivity index (χ2n) is 9.08. The van der Waals surface area contributed by atoms with Crippen molar-refractivity contribution in [3.05, 3.63) is 138 Å². The number of hydrogen-bond donors (Lipinski definition) is 2. The molecule has 2 aromatic heterocycles. The molecule has 0 radical (unpaired) electrons. The predicted molar refractivity (Wildman–Crippen MR) is 170 cm³/mol. The Kier molecular flexibility index (Phi) is 8.60. The van der Waals surface area contributed by atoms with E-state index in [4.69, 9.17) is 5.11 Å². The molecule has 43 heavy (non-hydrogen) atoms. The van der Waals surface area contributed by atoms with Gasteiger partial charge in [0.2, 0.25) is 0 Å². The Morgan fingerprint density at radius 2 is 1.00 bits per heavy atom. The lowest BCUT2D eigenvalue weighted by Crippen LogP contribution is -2.22. The van der Waals surface area contributed by atoms with Crippen LogP contribution in [0, 0.1) is 0 Å². The van der Waals surface area contributed by atoms with E-state index in [0.29, 0.717) is 36.9 Å². The highest BCUT2D eigenvalue weighted by Crippen LogP contribution is 2.21. The van der Waals surface area contributed by atoms with Gasteiger partial charge in [-0.15, -0.1) is 0 Å². The van der Waals surface area contributed by atoms with Crippen LogP contribution in [0.2, 0.25) is 0 Å². The van der Waals surface area contributed by atoms with Crippen molar-refractivity contribution in [2.75, 3.05) is 7.05 Å². The van der Waals surface area contributed by atoms with Gasteiger partial charge in [-0.3, -0.25) is 14.4 Å². The lowest BCUT2D eigenvalue weighted by Gasteiger charge is -2.08. The highest BCUT2D eigenvalue weighted by Gasteiger charge is 2.12. The first-order valence-corrected chi connectivity index (χ1v) is 14.3. The number of carbonyl (C=O) groups excluding carboxylic acids is 1. The van der Waals surface area contributed by atoms with Gasteiger partial charge in [0, 0.05) is 23.4 Å². The molecule has 4 aromatic carbocycles. The van der Waals surface area contributed by atoms with Crippen LogP contribution < -0.4 is 16.4 Å². The summed E-state index contributed by atoms with van der Waals surface area (Å²) in [5, 5.41) is 22.6. The second kappa shape index (κ2) is 12.5. The molecule has 1 amide bonds. The van der Waals surface area contributed by atoms with Gasteiger partial charge in [-0.25, -0.2) is 4.79 Å². The molecule has 2 N–H and O–H groups in total. The first-order chi connectivity index (χ1) is 20.7. The molecule has 2 heterocycles. The summed E-state index contributed by atoms with van der Waals surface area (Å²) >= 11 is 6.75. The van der Waals surface area contributed by atoms with Gasteiger partial charge in [0.25, 0.3) is 17.0 Å². The van der Waals surface area contributed by atoms with E-state index >= 15 is 0 Å². The van der Waals surface area contributed by atoms with Crippen molar-refractivity contribution in [1.82, 2.24) is 24.9 Å². The molecular weight excluding hydrogens is 682 g/mol. The highest BCUT2D eigenvalue weighted by molar-refractivity contribution is 9.10. The zero-order valence-electron chi connectivity index (χ0n) is 22.4. The minimum absolute atomic E-state index is 0.159. The van der Waals surface area contributed by atoms with Crippen LogP contribution in [0.1, 0.15) is 20.7 Å². The molecule has 12 heteroatoms. The third-order valence-electron chi connectivity index (χ3n) is 6.48. The smallest absolute Gasteiger partial charge is 0.335 e.